The van der Waals surface area contributed by atoms with Crippen LogP contribution < -0.4 is 20.5 Å². The van der Waals surface area contributed by atoms with Crippen LogP contribution in [0.15, 0.2) is 66.9 Å². The van der Waals surface area contributed by atoms with Crippen molar-refractivity contribution in [3.63, 3.8) is 0 Å². The number of nitrogens with one attached hydrogen (secondary N) is 1. The normalized spacial score (nSPS) is 12.2. The number of halogens is 2. The average molecular weight is 690 g/mol. The van der Waals surface area contributed by atoms with Gasteiger partial charge in [-0.05, 0) is 84.8 Å². The van der Waals surface area contributed by atoms with E-state index in [1.807, 2.05) is 45.0 Å². The monoisotopic (exact) mass is 689 g/mol. The van der Waals surface area contributed by atoms with E-state index < -0.39 is 29.7 Å². The lowest BCUT2D eigenvalue weighted by Gasteiger charge is -2.25. The lowest BCUT2D eigenvalue weighted by atomic mass is 10.0. The van der Waals surface area contributed by atoms with Gasteiger partial charge in [-0.2, -0.15) is 4.98 Å². The predicted molar refractivity (Wildman–Crippen MR) is 187 cm³/mol. The first-order valence-corrected chi connectivity index (χ1v) is 16.6. The summed E-state index contributed by atoms with van der Waals surface area (Å²) in [6.07, 6.45) is 2.38. The summed E-state index contributed by atoms with van der Waals surface area (Å²) >= 11 is 0. The number of nitrogens with two attached hydrogens (primary N) is 1. The zero-order valence-electron chi connectivity index (χ0n) is 29.2. The maximum atomic E-state index is 14.0. The summed E-state index contributed by atoms with van der Waals surface area (Å²) in [6, 6.07) is 15.2. The van der Waals surface area contributed by atoms with Crippen LogP contribution in [0.2, 0.25) is 0 Å². The van der Waals surface area contributed by atoms with Gasteiger partial charge in [0.15, 0.2) is 0 Å². The Labute approximate surface area is 292 Å². The molecule has 4 aromatic rings. The van der Waals surface area contributed by atoms with E-state index >= 15 is 0 Å². The Morgan fingerprint density at radius 1 is 0.920 bits per heavy atom. The van der Waals surface area contributed by atoms with Gasteiger partial charge in [0.25, 0.3) is 5.91 Å². The van der Waals surface area contributed by atoms with E-state index in [0.29, 0.717) is 42.2 Å². The number of esters is 1. The molecule has 0 aliphatic heterocycles. The van der Waals surface area contributed by atoms with Gasteiger partial charge in [0.1, 0.15) is 17.7 Å². The molecule has 12 heteroatoms. The number of nitrogens with zero attached hydrogens (tertiary/aromatic N) is 3. The Balaban J connectivity index is 1.54. The number of ether oxygens (including phenoxy) is 3. The fourth-order valence-electron chi connectivity index (χ4n) is 5.69. The maximum Gasteiger partial charge on any atom is 0.338 e. The quantitative estimate of drug-likeness (QED) is 0.130. The molecule has 3 aromatic carbocycles. The minimum atomic E-state index is -0.900. The zero-order chi connectivity index (χ0) is 36.2. The summed E-state index contributed by atoms with van der Waals surface area (Å²) in [7, 11) is 2.99. The Morgan fingerprint density at radius 2 is 1.62 bits per heavy atom. The van der Waals surface area contributed by atoms with E-state index in [1.54, 1.807) is 23.2 Å². The lowest BCUT2D eigenvalue weighted by molar-refractivity contribution is 0.0238. The third-order valence-corrected chi connectivity index (χ3v) is 7.98. The second-order valence-electron chi connectivity index (χ2n) is 12.1. The number of hydrogen-bond acceptors (Lipinski definition) is 9. The lowest BCUT2D eigenvalue weighted by Crippen LogP contribution is -2.46. The highest BCUT2D eigenvalue weighted by Crippen LogP contribution is 2.29. The predicted octanol–water partition coefficient (Wildman–Crippen LogP) is 5.89. The molecule has 0 aliphatic rings. The van der Waals surface area contributed by atoms with Crippen molar-refractivity contribution in [2.24, 2.45) is 5.73 Å². The highest BCUT2D eigenvalue weighted by atomic mass is 19.1. The van der Waals surface area contributed by atoms with E-state index in [9.17, 15) is 18.4 Å². The van der Waals surface area contributed by atoms with Gasteiger partial charge in [0.05, 0.1) is 25.3 Å². The molecule has 1 aromatic heterocycles. The summed E-state index contributed by atoms with van der Waals surface area (Å²) in [4.78, 5) is 37.2. The fraction of sp³-hybridized carbons (Fsp3) is 0.368. The van der Waals surface area contributed by atoms with Crippen LogP contribution in [0.1, 0.15) is 64.1 Å². The number of benzene rings is 3. The zero-order valence-corrected chi connectivity index (χ0v) is 29.2. The molecule has 3 N–H and O–H groups in total. The molecule has 4 rings (SSSR count). The molecule has 1 amide bonds. The molecule has 0 unspecified atom stereocenters. The molecule has 0 spiro atoms. The van der Waals surface area contributed by atoms with Crippen molar-refractivity contribution in [3.05, 3.63) is 106 Å². The number of rotatable bonds is 17. The van der Waals surface area contributed by atoms with Crippen LogP contribution in [0.3, 0.4) is 0 Å². The smallest absolute Gasteiger partial charge is 0.338 e. The highest BCUT2D eigenvalue weighted by Gasteiger charge is 2.25. The van der Waals surface area contributed by atoms with E-state index in [4.69, 9.17) is 19.9 Å². The van der Waals surface area contributed by atoms with Gasteiger partial charge >= 0.3 is 12.0 Å². The summed E-state index contributed by atoms with van der Waals surface area (Å²) in [5, 5.41) is 3.31. The number of aromatic nitrogens is 2. The highest BCUT2D eigenvalue weighted by molar-refractivity contribution is 5.98. The average Bonchev–Trinajstić information content (AvgIpc) is 3.09. The summed E-state index contributed by atoms with van der Waals surface area (Å²) in [5.41, 5.74) is 10.6. The Kier molecular flexibility index (Phi) is 13.8. The van der Waals surface area contributed by atoms with Gasteiger partial charge in [-0.1, -0.05) is 32.0 Å². The van der Waals surface area contributed by atoms with Gasteiger partial charge in [-0.3, -0.25) is 4.79 Å². The molecular formula is C38H45F2N5O5. The van der Waals surface area contributed by atoms with Crippen molar-refractivity contribution in [3.8, 4) is 23.0 Å². The van der Waals surface area contributed by atoms with Crippen LogP contribution in [0.25, 0.3) is 11.1 Å². The first-order chi connectivity index (χ1) is 24.0. The van der Waals surface area contributed by atoms with Gasteiger partial charge in [-0.25, -0.2) is 18.6 Å². The van der Waals surface area contributed by atoms with Crippen molar-refractivity contribution >= 4 is 11.9 Å². The molecule has 10 nitrogen and oxygen atoms in total. The van der Waals surface area contributed by atoms with Crippen LogP contribution >= 0.6 is 0 Å². The number of hydrogen-bond donors (Lipinski definition) is 2. The van der Waals surface area contributed by atoms with Crippen LogP contribution in [0.4, 0.5) is 8.78 Å². The summed E-state index contributed by atoms with van der Waals surface area (Å²) in [6.45, 7) is 7.53. The maximum absolute atomic E-state index is 14.0. The van der Waals surface area contributed by atoms with Crippen molar-refractivity contribution in [2.45, 2.75) is 58.7 Å². The third-order valence-electron chi connectivity index (χ3n) is 7.98. The van der Waals surface area contributed by atoms with Crippen LogP contribution in [0, 0.1) is 18.6 Å². The molecule has 0 saturated heterocycles. The molecule has 0 saturated carbocycles. The van der Waals surface area contributed by atoms with Crippen LogP contribution in [0.5, 0.6) is 11.9 Å². The van der Waals surface area contributed by atoms with Crippen LogP contribution in [-0.4, -0.2) is 72.7 Å². The number of carbonyl (C=O) groups excluding carboxylic acids is 2. The standard InChI is InChI=1S/C38H45F2N5O5/c1-6-11-45(12-7-2)36(46)28-13-24(3)14-29(19-28)37(47)50-34(33(41)18-26-16-30(39)20-31(40)17-26)23-42-21-25-9-8-10-27(15-25)32-22-43-38(49-5)44-35(32)48-4/h8-10,13-17,19-20,22,33-34,42H,6-7,11-12,18,21,23,41H2,1-5H3/t33-,34+/m0/s1. The summed E-state index contributed by atoms with van der Waals surface area (Å²) < 4.78 is 44.5. The minimum absolute atomic E-state index is 0.0433. The fourth-order valence-corrected chi connectivity index (χ4v) is 5.69. The first kappa shape index (κ1) is 37.9. The van der Waals surface area contributed by atoms with Crippen LogP contribution in [-0.2, 0) is 17.7 Å². The molecule has 50 heavy (non-hydrogen) atoms. The molecule has 0 fully saturated rings. The second-order valence-corrected chi connectivity index (χ2v) is 12.1. The molecule has 0 radical (unpaired) electrons. The number of aryl methyl sites for hydroxylation is 1. The molecular weight excluding hydrogens is 644 g/mol. The van der Waals surface area contributed by atoms with Gasteiger partial charge in [0.2, 0.25) is 5.88 Å². The van der Waals surface area contributed by atoms with E-state index in [2.05, 4.69) is 15.3 Å². The third kappa shape index (κ3) is 10.3. The first-order valence-electron chi connectivity index (χ1n) is 16.6. The Hall–Kier alpha value is -4.94. The Morgan fingerprint density at radius 3 is 2.28 bits per heavy atom. The van der Waals surface area contributed by atoms with Crippen molar-refractivity contribution in [2.75, 3.05) is 33.9 Å². The topological polar surface area (TPSA) is 129 Å². The van der Waals surface area contributed by atoms with Crippen molar-refractivity contribution in [1.82, 2.24) is 20.2 Å². The van der Waals surface area contributed by atoms with Gasteiger partial charge in [-0.15, -0.1) is 0 Å². The minimum Gasteiger partial charge on any atom is -0.480 e. The van der Waals surface area contributed by atoms with E-state index in [-0.39, 0.29) is 30.4 Å². The molecule has 1 heterocycles. The van der Waals surface area contributed by atoms with E-state index in [1.165, 1.54) is 32.4 Å². The van der Waals surface area contributed by atoms with Crippen molar-refractivity contribution < 1.29 is 32.6 Å². The largest absolute Gasteiger partial charge is 0.480 e. The number of amides is 1. The van der Waals surface area contributed by atoms with Gasteiger partial charge in [0, 0.05) is 50.0 Å². The molecule has 0 bridgehead atoms. The second kappa shape index (κ2) is 18.2. The summed E-state index contributed by atoms with van der Waals surface area (Å²) in [5.74, 6) is -1.92. The Bertz CT molecular complexity index is 1750. The van der Waals surface area contributed by atoms with Crippen molar-refractivity contribution in [1.29, 1.82) is 0 Å². The molecule has 0 aliphatic carbocycles. The number of methoxy groups -OCH3 is 2. The van der Waals surface area contributed by atoms with Gasteiger partial charge < -0.3 is 30.2 Å². The van der Waals surface area contributed by atoms with E-state index in [0.717, 1.165) is 35.6 Å². The molecule has 2 atom stereocenters. The molecule has 266 valence electrons. The number of carbonyl (C=O) groups is 2. The SMILES string of the molecule is CCCN(CCC)C(=O)c1cc(C)cc(C(=O)O[C@H](CNCc2cccc(-c3cnc(OC)nc3OC)c2)[C@@H](N)Cc2cc(F)cc(F)c2)c1.